The van der Waals surface area contributed by atoms with E-state index in [0.29, 0.717) is 0 Å². The van der Waals surface area contributed by atoms with Crippen molar-refractivity contribution < 1.29 is 167 Å². The highest BCUT2D eigenvalue weighted by Gasteiger charge is 3.10. The van der Waals surface area contributed by atoms with Crippen LogP contribution in [0.3, 0.4) is 0 Å². The van der Waals surface area contributed by atoms with Crippen molar-refractivity contribution in [1.82, 2.24) is 4.72 Å². The van der Waals surface area contributed by atoms with Gasteiger partial charge in [0.2, 0.25) is 0 Å². The van der Waals surface area contributed by atoms with Gasteiger partial charge in [-0.2, -0.15) is 145 Å². The Hall–Kier alpha value is -2.58. The van der Waals surface area contributed by atoms with Crippen molar-refractivity contribution in [1.29, 1.82) is 0 Å². The summed E-state index contributed by atoms with van der Waals surface area (Å²) in [6.07, 6.45) is -8.48. The molecule has 2 N–H and O–H groups in total. The average Bonchev–Trinajstić information content (AvgIpc) is 3.03. The molecule has 60 heavy (non-hydrogen) atoms. The highest BCUT2D eigenvalue weighted by atomic mass is 32.2. The number of aliphatic hydroxyl groups excluding tert-OH is 1. The molecule has 0 spiro atoms. The summed E-state index contributed by atoms with van der Waals surface area (Å²) in [4.78, 5) is 0. The van der Waals surface area contributed by atoms with Gasteiger partial charge in [-0.05, 0) is 0 Å². The first-order valence-electron chi connectivity index (χ1n) is 13.0. The monoisotopic (exact) mass is 1000 g/mol. The van der Waals surface area contributed by atoms with Crippen LogP contribution >= 0.6 is 0 Å². The fraction of sp³-hybridized carbons (Fsp3) is 1.00. The molecule has 0 aromatic carbocycles. The van der Waals surface area contributed by atoms with Crippen molar-refractivity contribution >= 4 is 10.0 Å². The van der Waals surface area contributed by atoms with Crippen molar-refractivity contribution in [2.75, 3.05) is 13.2 Å². The zero-order valence-corrected chi connectivity index (χ0v) is 26.6. The molecule has 1 fully saturated rings. The third kappa shape index (κ3) is 5.46. The molecule has 0 atom stereocenters. The molecule has 0 aromatic heterocycles. The van der Waals surface area contributed by atoms with Crippen LogP contribution in [0.2, 0.25) is 0 Å². The molecular formula is C20H6F35NO3S. The zero-order valence-electron chi connectivity index (χ0n) is 25.8. The second kappa shape index (κ2) is 13.2. The van der Waals surface area contributed by atoms with Gasteiger partial charge in [-0.15, -0.1) is 0 Å². The van der Waals surface area contributed by atoms with Gasteiger partial charge in [-0.1, -0.05) is 0 Å². The molecule has 1 aliphatic carbocycles. The number of nitrogens with one attached hydrogen (secondary N) is 1. The van der Waals surface area contributed by atoms with Gasteiger partial charge in [0.15, 0.2) is 0 Å². The lowest BCUT2D eigenvalue weighted by Gasteiger charge is -2.57. The maximum Gasteiger partial charge on any atom is 0.460 e. The Morgan fingerprint density at radius 1 is 0.367 bits per heavy atom. The van der Waals surface area contributed by atoms with E-state index in [1.807, 2.05) is 0 Å². The number of sulfonamides is 1. The van der Waals surface area contributed by atoms with E-state index in [9.17, 15) is 158 Å². The van der Waals surface area contributed by atoms with Crippen molar-refractivity contribution in [2.45, 2.75) is 106 Å². The van der Waals surface area contributed by atoms with Gasteiger partial charge in [-0.25, -0.2) is 21.9 Å². The maximum atomic E-state index is 15.1. The van der Waals surface area contributed by atoms with Crippen LogP contribution in [0, 0.1) is 0 Å². The molecule has 0 bridgehead atoms. The lowest BCUT2D eigenvalue weighted by Crippen LogP contribution is -2.92. The van der Waals surface area contributed by atoms with Crippen LogP contribution in [-0.2, 0) is 10.0 Å². The molecule has 0 unspecified atom stereocenters. The lowest BCUT2D eigenvalue weighted by molar-refractivity contribution is -0.508. The summed E-state index contributed by atoms with van der Waals surface area (Å²) in [5.74, 6) is -150. The second-order valence-corrected chi connectivity index (χ2v) is 13.3. The van der Waals surface area contributed by atoms with Crippen molar-refractivity contribution in [2.24, 2.45) is 0 Å². The van der Waals surface area contributed by atoms with Gasteiger partial charge in [0.05, 0.1) is 6.61 Å². The molecule has 0 aliphatic heterocycles. The Bertz CT molecular complexity index is 1710. The van der Waals surface area contributed by atoms with Gasteiger partial charge in [0.1, 0.15) is 0 Å². The SMILES string of the molecule is O=S(=O)(NCCO)C1(F)C(F)(F)C(F)(F)C(F)(C(F)(F)C(F)(F)C(F)(F)C(F)(F)C(F)(F)C(F)(F)C(F)(F)C(F)(F)C(F)(F)C(F)(F)C(F)(F)C(F)(F)F)C(F)(F)C1(F)F. The van der Waals surface area contributed by atoms with Crippen LogP contribution < -0.4 is 4.72 Å². The van der Waals surface area contributed by atoms with E-state index in [1.165, 1.54) is 0 Å². The molecule has 1 aliphatic rings. The molecular weight excluding hydrogens is 999 g/mol. The van der Waals surface area contributed by atoms with E-state index >= 15 is 4.39 Å². The summed E-state index contributed by atoms with van der Waals surface area (Å²) in [5.41, 5.74) is -10.2. The average molecular weight is 1010 g/mol. The van der Waals surface area contributed by atoms with Crippen LogP contribution in [0.15, 0.2) is 0 Å². The smallest absolute Gasteiger partial charge is 0.395 e. The van der Waals surface area contributed by atoms with Crippen LogP contribution in [-0.4, -0.2) is 132 Å². The molecule has 0 heterocycles. The first-order valence-corrected chi connectivity index (χ1v) is 14.5. The molecule has 0 saturated heterocycles. The van der Waals surface area contributed by atoms with E-state index in [0.717, 1.165) is 0 Å². The van der Waals surface area contributed by atoms with Crippen LogP contribution in [0.1, 0.15) is 0 Å². The summed E-state index contributed by atoms with van der Waals surface area (Å²) >= 11 is 0. The maximum absolute atomic E-state index is 15.1. The summed E-state index contributed by atoms with van der Waals surface area (Å²) in [7, 11) is -8.40. The topological polar surface area (TPSA) is 66.4 Å². The second-order valence-electron chi connectivity index (χ2n) is 11.5. The highest BCUT2D eigenvalue weighted by molar-refractivity contribution is 7.90. The standard InChI is InChI=1S/C20H6F35NO3S/c21-3(5(24,25)16(46,47)19(52,17(48,49)6(3,26)27)60(58,59)56-1-2-57)4(22,23)7(28,29)8(30,31)9(32,33)10(34,35)11(36,37)12(38,39)13(40,41)14(42,43)15(44,45)18(50,51)20(53,54)55/h56-57H,1-2H2. The van der Waals surface area contributed by atoms with Gasteiger partial charge in [-0.3, -0.25) is 0 Å². The molecule has 1 rings (SSSR count). The summed E-state index contributed by atoms with van der Waals surface area (Å²) in [6.45, 7) is -4.38. The van der Waals surface area contributed by atoms with E-state index in [4.69, 9.17) is 5.11 Å². The zero-order chi connectivity index (χ0) is 49.6. The predicted molar refractivity (Wildman–Crippen MR) is 112 cm³/mol. The van der Waals surface area contributed by atoms with E-state index in [1.54, 1.807) is 0 Å². The molecule has 0 aromatic rings. The van der Waals surface area contributed by atoms with E-state index < -0.39 is 129 Å². The number of halogens is 35. The normalized spacial score (nSPS) is 25.7. The number of hydrogen-bond donors (Lipinski definition) is 2. The summed E-state index contributed by atoms with van der Waals surface area (Å²) < 4.78 is 510. The fourth-order valence-electron chi connectivity index (χ4n) is 4.41. The van der Waals surface area contributed by atoms with E-state index in [-0.39, 0.29) is 4.72 Å². The van der Waals surface area contributed by atoms with Crippen molar-refractivity contribution in [3.05, 3.63) is 0 Å². The summed E-state index contributed by atoms with van der Waals surface area (Å²) in [5, 5.41) is -0.274. The summed E-state index contributed by atoms with van der Waals surface area (Å²) in [6, 6.07) is 0. The number of alkyl halides is 35. The molecule has 4 nitrogen and oxygen atoms in total. The van der Waals surface area contributed by atoms with Gasteiger partial charge < -0.3 is 5.11 Å². The Labute approximate surface area is 302 Å². The van der Waals surface area contributed by atoms with Crippen LogP contribution in [0.4, 0.5) is 154 Å². The number of rotatable bonds is 15. The molecule has 1 saturated carbocycles. The Kier molecular flexibility index (Phi) is 12.2. The van der Waals surface area contributed by atoms with Gasteiger partial charge >= 0.3 is 106 Å². The fourth-order valence-corrected chi connectivity index (χ4v) is 5.90. The minimum absolute atomic E-state index is 0.270. The Morgan fingerprint density at radius 3 is 0.800 bits per heavy atom. The quantitative estimate of drug-likeness (QED) is 0.161. The van der Waals surface area contributed by atoms with Gasteiger partial charge in [0, 0.05) is 6.54 Å². The molecule has 0 radical (unpaired) electrons. The number of hydrogen-bond acceptors (Lipinski definition) is 3. The first-order chi connectivity index (χ1) is 25.3. The Morgan fingerprint density at radius 2 is 0.583 bits per heavy atom. The predicted octanol–water partition coefficient (Wildman–Crippen LogP) is 9.38. The lowest BCUT2D eigenvalue weighted by atomic mass is 9.67. The molecule has 40 heteroatoms. The van der Waals surface area contributed by atoms with Crippen molar-refractivity contribution in [3.63, 3.8) is 0 Å². The number of aliphatic hydroxyl groups is 1. The largest absolute Gasteiger partial charge is 0.460 e. The van der Waals surface area contributed by atoms with Crippen LogP contribution in [0.25, 0.3) is 0 Å². The third-order valence-electron chi connectivity index (χ3n) is 7.97. The first kappa shape index (κ1) is 55.4. The van der Waals surface area contributed by atoms with E-state index in [2.05, 4.69) is 0 Å². The van der Waals surface area contributed by atoms with Gasteiger partial charge in [0.25, 0.3) is 10.0 Å². The van der Waals surface area contributed by atoms with Crippen molar-refractivity contribution in [3.8, 4) is 0 Å². The third-order valence-corrected chi connectivity index (χ3v) is 9.81. The minimum atomic E-state index is -10.6. The highest BCUT2D eigenvalue weighted by Crippen LogP contribution is 2.76. The minimum Gasteiger partial charge on any atom is -0.395 e. The Balaban J connectivity index is 4.35. The molecule has 0 amide bonds. The van der Waals surface area contributed by atoms with Crippen LogP contribution in [0.5, 0.6) is 0 Å². The molecule has 360 valence electrons.